The number of amides is 1. The maximum Gasteiger partial charge on any atom is 0.415 e. The zero-order valence-electron chi connectivity index (χ0n) is 19.4. The monoisotopic (exact) mass is 556 g/mol. The van der Waals surface area contributed by atoms with Crippen molar-refractivity contribution in [1.29, 1.82) is 0 Å². The number of carbonyl (C=O) groups excluding carboxylic acids is 1. The van der Waals surface area contributed by atoms with Gasteiger partial charge >= 0.3 is 6.09 Å². The molecule has 1 amide bonds. The van der Waals surface area contributed by atoms with Crippen LogP contribution in [0.3, 0.4) is 0 Å². The van der Waals surface area contributed by atoms with E-state index < -0.39 is 38.8 Å². The number of hydrogen-bond donors (Lipinski definition) is 0. The van der Waals surface area contributed by atoms with Gasteiger partial charge in [0.1, 0.15) is 27.9 Å². The van der Waals surface area contributed by atoms with E-state index in [-0.39, 0.29) is 11.4 Å². The van der Waals surface area contributed by atoms with Crippen LogP contribution in [0.4, 0.5) is 14.9 Å². The van der Waals surface area contributed by atoms with Crippen molar-refractivity contribution < 1.29 is 18.1 Å². The molecule has 2 aromatic rings. The Morgan fingerprint density at radius 1 is 1.24 bits per heavy atom. The number of benzene rings is 2. The first kappa shape index (κ1) is 25.8. The summed E-state index contributed by atoms with van der Waals surface area (Å²) in [6.07, 6.45) is 1.08. The van der Waals surface area contributed by atoms with Gasteiger partial charge in [0.05, 0.1) is 15.5 Å². The van der Waals surface area contributed by atoms with Crippen LogP contribution in [0.25, 0.3) is 0 Å². The van der Waals surface area contributed by atoms with Crippen LogP contribution < -0.4 is 4.90 Å². The quantitative estimate of drug-likeness (QED) is 0.302. The van der Waals surface area contributed by atoms with Gasteiger partial charge < -0.3 is 4.74 Å². The summed E-state index contributed by atoms with van der Waals surface area (Å²) in [4.78, 5) is 14.9. The minimum Gasteiger partial charge on any atom is -0.443 e. The van der Waals surface area contributed by atoms with Gasteiger partial charge in [-0.05, 0) is 74.7 Å². The second-order valence-corrected chi connectivity index (χ2v) is 13.0. The van der Waals surface area contributed by atoms with Crippen molar-refractivity contribution in [1.82, 2.24) is 0 Å². The Bertz CT molecular complexity index is 1130. The lowest BCUT2D eigenvalue weighted by molar-refractivity contribution is 0.0559. The van der Waals surface area contributed by atoms with Gasteiger partial charge in [-0.2, -0.15) is 4.40 Å². The molecule has 2 aromatic carbocycles. The molecule has 0 N–H and O–H groups in total. The molecule has 0 saturated heterocycles. The molecule has 1 heterocycles. The summed E-state index contributed by atoms with van der Waals surface area (Å²) in [5.41, 5.74) is -0.341. The Kier molecular flexibility index (Phi) is 7.14. The third-order valence-corrected chi connectivity index (χ3v) is 7.88. The Labute approximate surface area is 210 Å². The van der Waals surface area contributed by atoms with Gasteiger partial charge in [0, 0.05) is 17.1 Å². The number of carbonyl (C=O) groups is 1. The van der Waals surface area contributed by atoms with Gasteiger partial charge in [0.25, 0.3) is 0 Å². The first-order valence-corrected chi connectivity index (χ1v) is 12.7. The molecule has 1 aliphatic rings. The molecule has 0 unspecified atom stereocenters. The van der Waals surface area contributed by atoms with E-state index >= 15 is 0 Å². The summed E-state index contributed by atoms with van der Waals surface area (Å²) in [5.74, 6) is -0.671. The average Bonchev–Trinajstić information content (AvgIpc) is 3.04. The van der Waals surface area contributed by atoms with E-state index in [0.29, 0.717) is 21.3 Å². The SMILES string of the molecule is CC(C)(C)OC(=O)N1c2cc(F)c(Cl)c(Br)c2C[C@@]1(C=N[S@](=O)C(C)(C)C)c1ccccc1. The van der Waals surface area contributed by atoms with Gasteiger partial charge in [0.2, 0.25) is 0 Å². The van der Waals surface area contributed by atoms with Crippen molar-refractivity contribution in [2.24, 2.45) is 4.40 Å². The highest BCUT2D eigenvalue weighted by atomic mass is 79.9. The molecule has 33 heavy (non-hydrogen) atoms. The highest BCUT2D eigenvalue weighted by Gasteiger charge is 2.50. The molecular weight excluding hydrogens is 531 g/mol. The Morgan fingerprint density at radius 2 is 1.85 bits per heavy atom. The van der Waals surface area contributed by atoms with Gasteiger partial charge in [-0.25, -0.2) is 13.4 Å². The first-order chi connectivity index (χ1) is 15.2. The van der Waals surface area contributed by atoms with E-state index in [1.165, 1.54) is 17.2 Å². The lowest BCUT2D eigenvalue weighted by Crippen LogP contribution is -2.51. The van der Waals surface area contributed by atoms with Gasteiger partial charge in [-0.15, -0.1) is 0 Å². The maximum absolute atomic E-state index is 14.7. The summed E-state index contributed by atoms with van der Waals surface area (Å²) in [5, 5.41) is -0.0723. The lowest BCUT2D eigenvalue weighted by atomic mass is 9.87. The second-order valence-electron chi connectivity index (χ2n) is 9.86. The fraction of sp³-hybridized carbons (Fsp3) is 0.417. The van der Waals surface area contributed by atoms with Crippen LogP contribution in [0, 0.1) is 5.82 Å². The highest BCUT2D eigenvalue weighted by Crippen LogP contribution is 2.50. The summed E-state index contributed by atoms with van der Waals surface area (Å²) < 4.78 is 37.4. The van der Waals surface area contributed by atoms with E-state index in [1.54, 1.807) is 20.8 Å². The largest absolute Gasteiger partial charge is 0.443 e. The third kappa shape index (κ3) is 5.17. The fourth-order valence-corrected chi connectivity index (χ4v) is 4.84. The highest BCUT2D eigenvalue weighted by molar-refractivity contribution is 9.10. The number of fused-ring (bicyclic) bond motifs is 1. The number of rotatable bonds is 3. The number of halogens is 3. The lowest BCUT2D eigenvalue weighted by Gasteiger charge is -2.37. The summed E-state index contributed by atoms with van der Waals surface area (Å²) >= 11 is 9.58. The minimum atomic E-state index is -1.58. The Morgan fingerprint density at radius 3 is 2.39 bits per heavy atom. The van der Waals surface area contributed by atoms with Crippen molar-refractivity contribution in [2.45, 2.75) is 63.9 Å². The zero-order chi connectivity index (χ0) is 24.8. The van der Waals surface area contributed by atoms with Crippen molar-refractivity contribution in [2.75, 3.05) is 4.90 Å². The van der Waals surface area contributed by atoms with Crippen LogP contribution in [-0.2, 0) is 27.7 Å². The molecular formula is C24H27BrClFN2O3S. The van der Waals surface area contributed by atoms with Crippen molar-refractivity contribution >= 4 is 56.5 Å². The third-order valence-electron chi connectivity index (χ3n) is 5.06. The molecule has 0 radical (unpaired) electrons. The second kappa shape index (κ2) is 9.12. The molecule has 9 heteroatoms. The molecule has 2 atom stereocenters. The van der Waals surface area contributed by atoms with E-state index in [9.17, 15) is 13.4 Å². The topological polar surface area (TPSA) is 59.0 Å². The van der Waals surface area contributed by atoms with E-state index in [1.807, 2.05) is 51.1 Å². The van der Waals surface area contributed by atoms with Gasteiger partial charge in [-0.1, -0.05) is 41.9 Å². The summed E-state index contributed by atoms with van der Waals surface area (Å²) in [7, 11) is -1.58. The maximum atomic E-state index is 14.7. The molecule has 3 rings (SSSR count). The zero-order valence-corrected chi connectivity index (χ0v) is 22.6. The average molecular weight is 558 g/mol. The number of ether oxygens (including phenoxy) is 1. The van der Waals surface area contributed by atoms with Crippen LogP contribution in [-0.4, -0.2) is 26.9 Å². The van der Waals surface area contributed by atoms with E-state index in [0.717, 1.165) is 0 Å². The fourth-order valence-electron chi connectivity index (χ4n) is 3.55. The molecule has 5 nitrogen and oxygen atoms in total. The minimum absolute atomic E-state index is 0.0723. The van der Waals surface area contributed by atoms with Crippen LogP contribution in [0.2, 0.25) is 5.02 Å². The van der Waals surface area contributed by atoms with Crippen molar-refractivity contribution in [3.63, 3.8) is 0 Å². The Balaban J connectivity index is 2.31. The smallest absolute Gasteiger partial charge is 0.415 e. The van der Waals surface area contributed by atoms with Crippen LogP contribution in [0.15, 0.2) is 45.3 Å². The van der Waals surface area contributed by atoms with Crippen LogP contribution in [0.1, 0.15) is 52.7 Å². The summed E-state index contributed by atoms with van der Waals surface area (Å²) in [6.45, 7) is 10.7. The van der Waals surface area contributed by atoms with Crippen molar-refractivity contribution in [3.05, 3.63) is 62.8 Å². The summed E-state index contributed by atoms with van der Waals surface area (Å²) in [6, 6.07) is 10.5. The molecule has 0 spiro atoms. The number of anilines is 1. The predicted octanol–water partition coefficient (Wildman–Crippen LogP) is 6.97. The van der Waals surface area contributed by atoms with E-state index in [4.69, 9.17) is 16.3 Å². The molecule has 1 aliphatic heterocycles. The molecule has 0 bridgehead atoms. The number of nitrogens with zero attached hydrogens (tertiary/aromatic N) is 2. The molecule has 0 aliphatic carbocycles. The molecule has 178 valence electrons. The Hall–Kier alpha value is -1.77. The van der Waals surface area contributed by atoms with Crippen molar-refractivity contribution in [3.8, 4) is 0 Å². The molecule has 0 fully saturated rings. The van der Waals surface area contributed by atoms with Crippen LogP contribution in [0.5, 0.6) is 0 Å². The molecule has 0 saturated carbocycles. The van der Waals surface area contributed by atoms with Gasteiger partial charge in [-0.3, -0.25) is 4.90 Å². The van der Waals surface area contributed by atoms with Crippen LogP contribution >= 0.6 is 27.5 Å². The number of hydrogen-bond acceptors (Lipinski definition) is 3. The van der Waals surface area contributed by atoms with Gasteiger partial charge in [0.15, 0.2) is 0 Å². The predicted molar refractivity (Wildman–Crippen MR) is 136 cm³/mol. The van der Waals surface area contributed by atoms with E-state index in [2.05, 4.69) is 20.3 Å². The first-order valence-electron chi connectivity index (χ1n) is 10.4. The standard InChI is InChI=1S/C24H27BrClFN2O3S/c1-22(2,3)32-21(30)29-18-12-17(27)20(26)19(25)16(18)13-24(29,15-10-8-7-9-11-15)14-28-33(31)23(4,5)6/h7-12,14H,13H2,1-6H3/t24-,33-/m1/s1. The normalized spacial score (nSPS) is 19.6. The molecule has 0 aromatic heterocycles.